The summed E-state index contributed by atoms with van der Waals surface area (Å²) in [5.74, 6) is 0.314. The van der Waals surface area contributed by atoms with Crippen LogP contribution in [0.5, 0.6) is 0 Å². The summed E-state index contributed by atoms with van der Waals surface area (Å²) in [6.45, 7) is 1.96. The van der Waals surface area contributed by atoms with Gasteiger partial charge in [0.05, 0.1) is 5.41 Å². The van der Waals surface area contributed by atoms with E-state index in [0.717, 1.165) is 36.4 Å². The first-order valence-corrected chi connectivity index (χ1v) is 8.62. The Hall–Kier alpha value is -1.10. The smallest absolute Gasteiger partial charge is 0.174 e. The summed E-state index contributed by atoms with van der Waals surface area (Å²) < 4.78 is 0. The average molecular weight is 390 g/mol. The molecule has 2 heterocycles. The summed E-state index contributed by atoms with van der Waals surface area (Å²) in [6, 6.07) is 16.5. The van der Waals surface area contributed by atoms with Crippen molar-refractivity contribution in [2.24, 2.45) is 0 Å². The average Bonchev–Trinajstić information content (AvgIpc) is 2.65. The number of rotatable bonds is 0. The fourth-order valence-electron chi connectivity index (χ4n) is 3.69. The third kappa shape index (κ3) is 2.67. The van der Waals surface area contributed by atoms with Crippen LogP contribution in [0.25, 0.3) is 0 Å². The van der Waals surface area contributed by atoms with E-state index in [1.54, 1.807) is 11.8 Å². The zero-order chi connectivity index (χ0) is 15.2. The molecule has 0 atom stereocenters. The maximum Gasteiger partial charge on any atom is 0.174 e. The number of hydrogen-bond donors (Lipinski definition) is 0. The zero-order valence-corrected chi connectivity index (χ0v) is 15.6. The molecule has 4 heteroatoms. The van der Waals surface area contributed by atoms with Crippen LogP contribution in [-0.2, 0) is 5.41 Å². The van der Waals surface area contributed by atoms with Gasteiger partial charge in [-0.2, -0.15) is 0 Å². The third-order valence-electron chi connectivity index (χ3n) is 5.03. The van der Waals surface area contributed by atoms with Crippen molar-refractivity contribution in [3.63, 3.8) is 0 Å². The molecule has 1 spiro atoms. The number of Topliss-reactive ketones (excluding diaryl/α,β-unsaturated/α-hetero) is 1. The van der Waals surface area contributed by atoms with Crippen LogP contribution in [0.15, 0.2) is 58.3 Å². The van der Waals surface area contributed by atoms with E-state index in [-0.39, 0.29) is 22.4 Å². The molecule has 2 aromatic rings. The first-order chi connectivity index (χ1) is 10.7. The van der Waals surface area contributed by atoms with Crippen LogP contribution in [0.4, 0.5) is 0 Å². The number of benzene rings is 2. The van der Waals surface area contributed by atoms with E-state index in [1.807, 2.05) is 18.2 Å². The van der Waals surface area contributed by atoms with Crippen molar-refractivity contribution in [3.8, 4) is 0 Å². The molecular formula is C19H20BrNOS. The van der Waals surface area contributed by atoms with Gasteiger partial charge in [0.25, 0.3) is 0 Å². The zero-order valence-electron chi connectivity index (χ0n) is 13.1. The molecule has 2 aliphatic heterocycles. The van der Waals surface area contributed by atoms with Gasteiger partial charge in [-0.3, -0.25) is 4.79 Å². The molecule has 0 N–H and O–H groups in total. The number of likely N-dealkylation sites (tertiary alicyclic amines) is 1. The molecule has 0 radical (unpaired) electrons. The second kappa shape index (κ2) is 6.42. The van der Waals surface area contributed by atoms with Crippen LogP contribution in [0.1, 0.15) is 28.8 Å². The summed E-state index contributed by atoms with van der Waals surface area (Å²) in [7, 11) is 2.14. The molecule has 2 nitrogen and oxygen atoms in total. The maximum atomic E-state index is 13.5. The Labute approximate surface area is 152 Å². The van der Waals surface area contributed by atoms with Crippen molar-refractivity contribution in [1.29, 1.82) is 0 Å². The minimum absolute atomic E-state index is 0. The molecule has 2 aromatic carbocycles. The van der Waals surface area contributed by atoms with E-state index in [0.29, 0.717) is 5.78 Å². The molecule has 1 fully saturated rings. The Morgan fingerprint density at radius 2 is 1.57 bits per heavy atom. The SMILES string of the molecule is Br.CN1CCC2(CC1)C(=O)c1ccccc1Sc1ccccc12. The molecule has 2 aliphatic rings. The number of carbonyl (C=O) groups is 1. The second-order valence-electron chi connectivity index (χ2n) is 6.31. The van der Waals surface area contributed by atoms with Crippen LogP contribution in [-0.4, -0.2) is 30.8 Å². The van der Waals surface area contributed by atoms with Crippen LogP contribution in [0, 0.1) is 0 Å². The lowest BCUT2D eigenvalue weighted by atomic mass is 9.68. The van der Waals surface area contributed by atoms with E-state index in [4.69, 9.17) is 0 Å². The largest absolute Gasteiger partial charge is 0.306 e. The van der Waals surface area contributed by atoms with Crippen molar-refractivity contribution in [1.82, 2.24) is 4.90 Å². The highest BCUT2D eigenvalue weighted by Gasteiger charge is 2.45. The van der Waals surface area contributed by atoms with E-state index in [2.05, 4.69) is 42.3 Å². The van der Waals surface area contributed by atoms with Crippen molar-refractivity contribution >= 4 is 34.5 Å². The number of hydrogen-bond acceptors (Lipinski definition) is 3. The predicted molar refractivity (Wildman–Crippen MR) is 100 cm³/mol. The van der Waals surface area contributed by atoms with Crippen molar-refractivity contribution in [3.05, 3.63) is 59.7 Å². The van der Waals surface area contributed by atoms with E-state index >= 15 is 0 Å². The molecule has 0 unspecified atom stereocenters. The minimum Gasteiger partial charge on any atom is -0.306 e. The van der Waals surface area contributed by atoms with Gasteiger partial charge in [-0.05, 0) is 50.7 Å². The van der Waals surface area contributed by atoms with Gasteiger partial charge < -0.3 is 4.90 Å². The number of halogens is 1. The van der Waals surface area contributed by atoms with E-state index in [1.165, 1.54) is 10.5 Å². The predicted octanol–water partition coefficient (Wildman–Crippen LogP) is 4.58. The Balaban J connectivity index is 0.00000156. The molecule has 0 saturated carbocycles. The van der Waals surface area contributed by atoms with E-state index in [9.17, 15) is 4.79 Å². The summed E-state index contributed by atoms with van der Waals surface area (Å²) in [6.07, 6.45) is 1.82. The molecule has 4 rings (SSSR count). The molecule has 23 heavy (non-hydrogen) atoms. The Kier molecular flexibility index (Phi) is 4.68. The van der Waals surface area contributed by atoms with Crippen molar-refractivity contribution in [2.45, 2.75) is 28.0 Å². The fourth-order valence-corrected chi connectivity index (χ4v) is 4.86. The van der Waals surface area contributed by atoms with Gasteiger partial charge in [0.15, 0.2) is 5.78 Å². The number of carbonyl (C=O) groups excluding carboxylic acids is 1. The van der Waals surface area contributed by atoms with E-state index < -0.39 is 0 Å². The Morgan fingerprint density at radius 1 is 0.957 bits per heavy atom. The van der Waals surface area contributed by atoms with Gasteiger partial charge in [-0.25, -0.2) is 0 Å². The summed E-state index contributed by atoms with van der Waals surface area (Å²) in [4.78, 5) is 18.1. The van der Waals surface area contributed by atoms with Gasteiger partial charge in [0.2, 0.25) is 0 Å². The highest BCUT2D eigenvalue weighted by atomic mass is 79.9. The number of nitrogens with zero attached hydrogens (tertiary/aromatic N) is 1. The lowest BCUT2D eigenvalue weighted by Gasteiger charge is -2.40. The Morgan fingerprint density at radius 3 is 2.30 bits per heavy atom. The highest BCUT2D eigenvalue weighted by molar-refractivity contribution is 8.93. The second-order valence-corrected chi connectivity index (χ2v) is 7.39. The number of fused-ring (bicyclic) bond motifs is 3. The lowest BCUT2D eigenvalue weighted by molar-refractivity contribution is 0.0788. The normalized spacial score (nSPS) is 19.4. The molecule has 0 aliphatic carbocycles. The first kappa shape index (κ1) is 16.7. The highest BCUT2D eigenvalue weighted by Crippen LogP contribution is 2.48. The van der Waals surface area contributed by atoms with Crippen molar-refractivity contribution < 1.29 is 4.79 Å². The molecular weight excluding hydrogens is 370 g/mol. The lowest BCUT2D eigenvalue weighted by Crippen LogP contribution is -2.46. The summed E-state index contributed by atoms with van der Waals surface area (Å²) in [5, 5.41) is 0. The van der Waals surface area contributed by atoms with Crippen LogP contribution in [0.3, 0.4) is 0 Å². The summed E-state index contributed by atoms with van der Waals surface area (Å²) >= 11 is 1.74. The van der Waals surface area contributed by atoms with Gasteiger partial charge in [-0.1, -0.05) is 48.2 Å². The third-order valence-corrected chi connectivity index (χ3v) is 6.18. The standard InChI is InChI=1S/C19H19NOS.BrH/c1-20-12-10-19(11-13-20)15-7-3-5-9-17(15)22-16-8-4-2-6-14(16)18(19)21;/h2-9H,10-13H2,1H3;1H. The maximum absolute atomic E-state index is 13.5. The van der Waals surface area contributed by atoms with Crippen LogP contribution < -0.4 is 0 Å². The molecule has 0 aromatic heterocycles. The van der Waals surface area contributed by atoms with Gasteiger partial charge in [-0.15, -0.1) is 17.0 Å². The van der Waals surface area contributed by atoms with Gasteiger partial charge in [0.1, 0.15) is 0 Å². The van der Waals surface area contributed by atoms with Crippen LogP contribution in [0.2, 0.25) is 0 Å². The topological polar surface area (TPSA) is 20.3 Å². The van der Waals surface area contributed by atoms with Gasteiger partial charge in [0, 0.05) is 15.4 Å². The minimum atomic E-state index is -0.345. The molecule has 0 amide bonds. The molecule has 0 bridgehead atoms. The van der Waals surface area contributed by atoms with Crippen LogP contribution >= 0.6 is 28.7 Å². The molecule has 120 valence electrons. The quantitative estimate of drug-likeness (QED) is 0.657. The first-order valence-electron chi connectivity index (χ1n) is 7.80. The fraction of sp³-hybridized carbons (Fsp3) is 0.316. The number of piperidine rings is 1. The molecule has 1 saturated heterocycles. The van der Waals surface area contributed by atoms with Gasteiger partial charge >= 0.3 is 0 Å². The monoisotopic (exact) mass is 389 g/mol. The number of ketones is 1. The Bertz CT molecular complexity index is 738. The summed E-state index contributed by atoms with van der Waals surface area (Å²) in [5.41, 5.74) is 1.78. The van der Waals surface area contributed by atoms with Crippen molar-refractivity contribution in [2.75, 3.05) is 20.1 Å².